The number of allylic oxidation sites excluding steroid dienone is 2. The minimum absolute atomic E-state index is 0.0226. The van der Waals surface area contributed by atoms with Crippen LogP contribution in [-0.4, -0.2) is 45.5 Å². The number of nitrogens with zero attached hydrogens (tertiary/aromatic N) is 10. The molecule has 0 radical (unpaired) electrons. The third-order valence-electron chi connectivity index (χ3n) is 9.19. The van der Waals surface area contributed by atoms with Gasteiger partial charge in [0, 0.05) is 59.2 Å². The van der Waals surface area contributed by atoms with Gasteiger partial charge in [0.15, 0.2) is 22.8 Å². The quantitative estimate of drug-likeness (QED) is 0.142. The van der Waals surface area contributed by atoms with E-state index in [1.54, 1.807) is 0 Å². The van der Waals surface area contributed by atoms with Crippen LogP contribution in [0.2, 0.25) is 0 Å². The van der Waals surface area contributed by atoms with E-state index in [-0.39, 0.29) is 33.6 Å². The maximum atomic E-state index is 9.76. The van der Waals surface area contributed by atoms with Crippen LogP contribution in [0.1, 0.15) is 73.0 Å². The molecular formula is C38H32N10S2. The zero-order valence-electron chi connectivity index (χ0n) is 28.5. The lowest BCUT2D eigenvalue weighted by Gasteiger charge is -2.24. The average Bonchev–Trinajstić information content (AvgIpc) is 3.44. The molecule has 50 heavy (non-hydrogen) atoms. The molecule has 2 aliphatic heterocycles. The largest absolute Gasteiger partial charge is 0.347 e. The summed E-state index contributed by atoms with van der Waals surface area (Å²) in [6.45, 7) is 8.60. The minimum Gasteiger partial charge on any atom is -0.347 e. The Morgan fingerprint density at radius 1 is 0.580 bits per heavy atom. The van der Waals surface area contributed by atoms with E-state index in [0.29, 0.717) is 32.9 Å². The predicted octanol–water partition coefficient (Wildman–Crippen LogP) is 7.17. The van der Waals surface area contributed by atoms with E-state index in [1.165, 1.54) is 34.7 Å². The fraction of sp³-hybridized carbons (Fsp3) is 0.263. The molecule has 0 atom stereocenters. The zero-order valence-corrected chi connectivity index (χ0v) is 30.1. The van der Waals surface area contributed by atoms with Crippen molar-refractivity contribution in [1.29, 1.82) is 21.0 Å². The van der Waals surface area contributed by atoms with Gasteiger partial charge in [-0.3, -0.25) is 0 Å². The van der Waals surface area contributed by atoms with Gasteiger partial charge < -0.3 is 9.80 Å². The van der Waals surface area contributed by atoms with Crippen LogP contribution < -0.4 is 9.80 Å². The standard InChI is InChI=1S/C38H32N10S2/c1-37(2)23-11-7-9-13-31(23)47(5)33(37)17-25-35(45-29(21-41)27(19-39)43-25)49-15-16-50-36-26(44-28(20-40)30(22-42)46-36)18-34-38(3,4)24-12-8-10-14-32(24)48(34)6/h7-14,17-18H,15-16H2,1-6H3/b33-17-,34-18-. The Labute approximate surface area is 300 Å². The first-order valence-corrected chi connectivity index (χ1v) is 17.7. The number of aromatic nitrogens is 4. The van der Waals surface area contributed by atoms with E-state index in [1.807, 2.05) is 74.8 Å². The van der Waals surface area contributed by atoms with Crippen molar-refractivity contribution in [1.82, 2.24) is 19.9 Å². The van der Waals surface area contributed by atoms with E-state index in [4.69, 9.17) is 0 Å². The predicted molar refractivity (Wildman–Crippen MR) is 196 cm³/mol. The highest BCUT2D eigenvalue weighted by molar-refractivity contribution is 8.02. The first-order chi connectivity index (χ1) is 24.0. The third kappa shape index (κ3) is 5.84. The Hall–Kier alpha value is -5.66. The van der Waals surface area contributed by atoms with Crippen molar-refractivity contribution in [2.45, 2.75) is 48.6 Å². The number of likely N-dealkylation sites (N-methyl/N-ethyl adjacent to an activating group) is 2. The highest BCUT2D eigenvalue weighted by Gasteiger charge is 2.39. The van der Waals surface area contributed by atoms with Crippen LogP contribution in [-0.2, 0) is 10.8 Å². The first kappa shape index (κ1) is 34.2. The van der Waals surface area contributed by atoms with Gasteiger partial charge in [-0.15, -0.1) is 23.5 Å². The number of benzene rings is 2. The topological polar surface area (TPSA) is 153 Å². The Morgan fingerprint density at radius 3 is 1.26 bits per heavy atom. The molecule has 10 nitrogen and oxygen atoms in total. The number of hydrogen-bond donors (Lipinski definition) is 0. The summed E-state index contributed by atoms with van der Waals surface area (Å²) in [5, 5.41) is 40.1. The molecule has 246 valence electrons. The molecule has 0 unspecified atom stereocenters. The molecule has 0 spiro atoms. The highest BCUT2D eigenvalue weighted by atomic mass is 32.2. The van der Waals surface area contributed by atoms with Crippen molar-refractivity contribution in [3.05, 3.63) is 105 Å². The van der Waals surface area contributed by atoms with E-state index < -0.39 is 0 Å². The summed E-state index contributed by atoms with van der Waals surface area (Å²) in [6.07, 6.45) is 3.91. The minimum atomic E-state index is -0.327. The number of rotatable bonds is 7. The molecule has 2 aliphatic rings. The Balaban J connectivity index is 1.30. The van der Waals surface area contributed by atoms with Crippen LogP contribution in [0.5, 0.6) is 0 Å². The van der Waals surface area contributed by atoms with Gasteiger partial charge in [-0.25, -0.2) is 19.9 Å². The van der Waals surface area contributed by atoms with Gasteiger partial charge in [-0.05, 0) is 35.4 Å². The molecular weight excluding hydrogens is 661 g/mol. The molecule has 4 heterocycles. The summed E-state index contributed by atoms with van der Waals surface area (Å²) >= 11 is 2.85. The van der Waals surface area contributed by atoms with Crippen LogP contribution >= 0.6 is 23.5 Å². The molecule has 0 fully saturated rings. The molecule has 0 saturated heterocycles. The van der Waals surface area contributed by atoms with E-state index in [9.17, 15) is 21.0 Å². The molecule has 0 bridgehead atoms. The van der Waals surface area contributed by atoms with Gasteiger partial charge in [0.25, 0.3) is 0 Å². The van der Waals surface area contributed by atoms with Gasteiger partial charge in [-0.2, -0.15) is 21.0 Å². The van der Waals surface area contributed by atoms with E-state index in [2.05, 4.69) is 81.7 Å². The molecule has 4 aromatic rings. The average molecular weight is 693 g/mol. The van der Waals surface area contributed by atoms with E-state index >= 15 is 0 Å². The molecule has 2 aromatic heterocycles. The summed E-state index contributed by atoms with van der Waals surface area (Å²) < 4.78 is 0. The molecule has 0 aliphatic carbocycles. The van der Waals surface area contributed by atoms with Crippen molar-refractivity contribution in [3.8, 4) is 24.3 Å². The maximum absolute atomic E-state index is 9.76. The van der Waals surface area contributed by atoms with Gasteiger partial charge in [0.05, 0.1) is 11.4 Å². The van der Waals surface area contributed by atoms with Crippen molar-refractivity contribution < 1.29 is 0 Å². The van der Waals surface area contributed by atoms with Crippen molar-refractivity contribution in [2.24, 2.45) is 0 Å². The molecule has 0 amide bonds. The van der Waals surface area contributed by atoms with Crippen molar-refractivity contribution in [3.63, 3.8) is 0 Å². The first-order valence-electron chi connectivity index (χ1n) is 15.8. The second-order valence-electron chi connectivity index (χ2n) is 12.8. The summed E-state index contributed by atoms with van der Waals surface area (Å²) in [6, 6.07) is 24.5. The van der Waals surface area contributed by atoms with Crippen molar-refractivity contribution >= 4 is 47.1 Å². The van der Waals surface area contributed by atoms with Crippen LogP contribution in [0.4, 0.5) is 11.4 Å². The normalized spacial score (nSPS) is 16.8. The molecule has 6 rings (SSSR count). The molecule has 12 heteroatoms. The number of hydrogen-bond acceptors (Lipinski definition) is 12. The fourth-order valence-electron chi connectivity index (χ4n) is 6.63. The Bertz CT molecular complexity index is 2120. The van der Waals surface area contributed by atoms with E-state index in [0.717, 1.165) is 22.8 Å². The van der Waals surface area contributed by atoms with Crippen LogP contribution in [0.3, 0.4) is 0 Å². The number of para-hydroxylation sites is 2. The summed E-state index contributed by atoms with van der Waals surface area (Å²) in [7, 11) is 4.02. The van der Waals surface area contributed by atoms with Crippen LogP contribution in [0.25, 0.3) is 12.2 Å². The van der Waals surface area contributed by atoms with Crippen LogP contribution in [0, 0.1) is 45.3 Å². The summed E-state index contributed by atoms with van der Waals surface area (Å²) in [5.41, 5.74) is 6.83. The number of thioether (sulfide) groups is 2. The number of fused-ring (bicyclic) bond motifs is 2. The second kappa shape index (κ2) is 13.3. The monoisotopic (exact) mass is 692 g/mol. The lowest BCUT2D eigenvalue weighted by Crippen LogP contribution is -2.23. The van der Waals surface area contributed by atoms with Gasteiger partial charge in [0.2, 0.25) is 0 Å². The highest BCUT2D eigenvalue weighted by Crippen LogP contribution is 2.49. The van der Waals surface area contributed by atoms with Gasteiger partial charge >= 0.3 is 0 Å². The lowest BCUT2D eigenvalue weighted by molar-refractivity contribution is 0.644. The SMILES string of the molecule is CN1/C(=C\c2nc(C#N)c(C#N)nc2SCCSc2nc(C#N)c(C#N)nc2/C=C2\N(C)c3ccccc3C2(C)C)C(C)(C)c2ccccc21. The number of nitriles is 4. The van der Waals surface area contributed by atoms with Crippen LogP contribution in [0.15, 0.2) is 70.0 Å². The summed E-state index contributed by atoms with van der Waals surface area (Å²) in [4.78, 5) is 22.6. The molecule has 0 saturated carbocycles. The Morgan fingerprint density at radius 2 is 0.920 bits per heavy atom. The third-order valence-corrected chi connectivity index (χ3v) is 11.4. The van der Waals surface area contributed by atoms with Crippen molar-refractivity contribution in [2.75, 3.05) is 35.4 Å². The van der Waals surface area contributed by atoms with Gasteiger partial charge in [-0.1, -0.05) is 64.1 Å². The molecule has 2 aromatic carbocycles. The molecule has 0 N–H and O–H groups in total. The number of anilines is 2. The zero-order chi connectivity index (χ0) is 35.8. The van der Waals surface area contributed by atoms with Gasteiger partial charge in [0.1, 0.15) is 34.3 Å². The Kier molecular flexibility index (Phi) is 9.12. The lowest BCUT2D eigenvalue weighted by atomic mass is 9.83. The summed E-state index contributed by atoms with van der Waals surface area (Å²) in [5.74, 6) is 1.09. The second-order valence-corrected chi connectivity index (χ2v) is 15.0. The fourth-order valence-corrected chi connectivity index (χ4v) is 8.50. The maximum Gasteiger partial charge on any atom is 0.178 e. The smallest absolute Gasteiger partial charge is 0.178 e.